The first kappa shape index (κ1) is 19.7. The van der Waals surface area contributed by atoms with Gasteiger partial charge >= 0.3 is 5.97 Å². The summed E-state index contributed by atoms with van der Waals surface area (Å²) in [5, 5.41) is 1.55. The van der Waals surface area contributed by atoms with Gasteiger partial charge in [0.15, 0.2) is 0 Å². The summed E-state index contributed by atoms with van der Waals surface area (Å²) in [6.07, 6.45) is 4.94. The van der Waals surface area contributed by atoms with Crippen LogP contribution < -0.4 is 4.74 Å². The zero-order valence-corrected chi connectivity index (χ0v) is 17.1. The monoisotopic (exact) mass is 385 g/mol. The Morgan fingerprint density at radius 1 is 1.37 bits per heavy atom. The summed E-state index contributed by atoms with van der Waals surface area (Å²) in [5.74, 6) is 0.787. The number of pyridine rings is 1. The van der Waals surface area contributed by atoms with E-state index in [4.69, 9.17) is 9.47 Å². The third-order valence-corrected chi connectivity index (χ3v) is 5.52. The number of aromatic nitrogens is 1. The van der Waals surface area contributed by atoms with Crippen molar-refractivity contribution in [1.29, 1.82) is 0 Å². The lowest BCUT2D eigenvalue weighted by Crippen LogP contribution is -2.24. The second-order valence-corrected chi connectivity index (χ2v) is 8.53. The maximum Gasteiger partial charge on any atom is 0.305 e. The van der Waals surface area contributed by atoms with E-state index >= 15 is 0 Å². The Morgan fingerprint density at radius 3 is 3.00 bits per heavy atom. The van der Waals surface area contributed by atoms with Crippen molar-refractivity contribution in [3.05, 3.63) is 42.1 Å². The van der Waals surface area contributed by atoms with Gasteiger partial charge in [-0.2, -0.15) is 0 Å². The Morgan fingerprint density at radius 2 is 2.22 bits per heavy atom. The number of benzene rings is 1. The fourth-order valence-electron chi connectivity index (χ4n) is 3.26. The Balaban J connectivity index is 1.72. The van der Waals surface area contributed by atoms with E-state index in [0.29, 0.717) is 24.7 Å². The molecule has 1 aromatic carbocycles. The maximum atomic E-state index is 11.6. The fraction of sp³-hybridized carbons (Fsp3) is 0.455. The van der Waals surface area contributed by atoms with Gasteiger partial charge in [0, 0.05) is 23.4 Å². The third-order valence-electron chi connectivity index (χ3n) is 4.50. The summed E-state index contributed by atoms with van der Waals surface area (Å²) in [6, 6.07) is 10.5. The highest BCUT2D eigenvalue weighted by atomic mass is 32.2. The van der Waals surface area contributed by atoms with Gasteiger partial charge in [-0.05, 0) is 55.5 Å². The number of esters is 1. The van der Waals surface area contributed by atoms with Crippen molar-refractivity contribution in [1.82, 2.24) is 4.98 Å². The van der Waals surface area contributed by atoms with Gasteiger partial charge in [-0.25, -0.2) is 4.98 Å². The lowest BCUT2D eigenvalue weighted by Gasteiger charge is -2.26. The molecule has 0 saturated heterocycles. The number of fused-ring (bicyclic) bond motifs is 1. The van der Waals surface area contributed by atoms with Gasteiger partial charge < -0.3 is 9.47 Å². The highest BCUT2D eigenvalue weighted by molar-refractivity contribution is 7.99. The van der Waals surface area contributed by atoms with Gasteiger partial charge in [0.2, 0.25) is 0 Å². The van der Waals surface area contributed by atoms with Crippen molar-refractivity contribution in [2.45, 2.75) is 62.8 Å². The minimum atomic E-state index is -0.144. The smallest absolute Gasteiger partial charge is 0.305 e. The largest absolute Gasteiger partial charge is 0.490 e. The molecule has 0 N–H and O–H groups in total. The number of nitrogens with zero attached hydrogens (tertiary/aromatic N) is 1. The van der Waals surface area contributed by atoms with Crippen LogP contribution in [0.15, 0.2) is 41.6 Å². The predicted molar refractivity (Wildman–Crippen MR) is 109 cm³/mol. The van der Waals surface area contributed by atoms with Crippen LogP contribution in [0.25, 0.3) is 11.1 Å². The van der Waals surface area contributed by atoms with Gasteiger partial charge in [0.05, 0.1) is 12.7 Å². The lowest BCUT2D eigenvalue weighted by molar-refractivity contribution is -0.143. The molecule has 1 atom stereocenters. The van der Waals surface area contributed by atoms with Crippen LogP contribution in [0.4, 0.5) is 0 Å². The maximum absolute atomic E-state index is 11.6. The number of aryl methyl sites for hydroxylation is 1. The van der Waals surface area contributed by atoms with E-state index in [1.54, 1.807) is 11.8 Å². The van der Waals surface area contributed by atoms with Crippen molar-refractivity contribution in [3.8, 4) is 16.9 Å². The SMILES string of the molecule is CCOC(=O)CCC1CCc2cc(-c3cccnc3SC(C)C)ccc2O1. The average molecular weight is 386 g/mol. The Bertz CT molecular complexity index is 791. The zero-order chi connectivity index (χ0) is 19.2. The normalized spacial score (nSPS) is 15.9. The molecular formula is C22H27NO3S. The van der Waals surface area contributed by atoms with E-state index in [2.05, 4.69) is 43.1 Å². The second-order valence-electron chi connectivity index (χ2n) is 6.97. The lowest BCUT2D eigenvalue weighted by atomic mass is 9.96. The van der Waals surface area contributed by atoms with Crippen LogP contribution in [-0.4, -0.2) is 28.9 Å². The Labute approximate surface area is 165 Å². The highest BCUT2D eigenvalue weighted by Crippen LogP contribution is 2.36. The quantitative estimate of drug-likeness (QED) is 0.479. The third kappa shape index (κ3) is 5.25. The van der Waals surface area contributed by atoms with Crippen LogP contribution in [0.3, 0.4) is 0 Å². The molecule has 1 aromatic heterocycles. The van der Waals surface area contributed by atoms with E-state index in [-0.39, 0.29) is 12.1 Å². The molecule has 0 saturated carbocycles. The first-order valence-electron chi connectivity index (χ1n) is 9.64. The molecule has 0 bridgehead atoms. The zero-order valence-electron chi connectivity index (χ0n) is 16.2. The van der Waals surface area contributed by atoms with Crippen LogP contribution in [0.5, 0.6) is 5.75 Å². The van der Waals surface area contributed by atoms with Crippen molar-refractivity contribution in [2.75, 3.05) is 6.61 Å². The summed E-state index contributed by atoms with van der Waals surface area (Å²) in [6.45, 7) is 6.62. The molecule has 0 amide bonds. The van der Waals surface area contributed by atoms with Crippen LogP contribution in [-0.2, 0) is 16.0 Å². The molecule has 2 aromatic rings. The molecule has 0 radical (unpaired) electrons. The molecule has 1 aliphatic rings. The number of carbonyl (C=O) groups excluding carboxylic acids is 1. The molecule has 0 aliphatic carbocycles. The number of ether oxygens (including phenoxy) is 2. The average Bonchev–Trinajstić information content (AvgIpc) is 2.66. The second kappa shape index (κ2) is 9.27. The number of rotatable bonds is 7. The van der Waals surface area contributed by atoms with E-state index in [0.717, 1.165) is 23.6 Å². The van der Waals surface area contributed by atoms with Gasteiger partial charge in [0.25, 0.3) is 0 Å². The Kier molecular flexibility index (Phi) is 6.78. The topological polar surface area (TPSA) is 48.4 Å². The molecule has 1 aliphatic heterocycles. The molecule has 27 heavy (non-hydrogen) atoms. The first-order chi connectivity index (χ1) is 13.1. The summed E-state index contributed by atoms with van der Waals surface area (Å²) in [7, 11) is 0. The van der Waals surface area contributed by atoms with Crippen molar-refractivity contribution >= 4 is 17.7 Å². The molecular weight excluding hydrogens is 358 g/mol. The molecule has 1 unspecified atom stereocenters. The van der Waals surface area contributed by atoms with Crippen molar-refractivity contribution in [3.63, 3.8) is 0 Å². The number of thioether (sulfide) groups is 1. The molecule has 4 nitrogen and oxygen atoms in total. The fourth-order valence-corrected chi connectivity index (χ4v) is 4.14. The Hall–Kier alpha value is -2.01. The summed E-state index contributed by atoms with van der Waals surface area (Å²) >= 11 is 1.78. The van der Waals surface area contributed by atoms with Gasteiger partial charge in [-0.3, -0.25) is 4.79 Å². The minimum absolute atomic E-state index is 0.0817. The van der Waals surface area contributed by atoms with Crippen LogP contribution in [0, 0.1) is 0 Å². The summed E-state index contributed by atoms with van der Waals surface area (Å²) < 4.78 is 11.1. The first-order valence-corrected chi connectivity index (χ1v) is 10.5. The minimum Gasteiger partial charge on any atom is -0.490 e. The molecule has 0 spiro atoms. The number of hydrogen-bond donors (Lipinski definition) is 0. The highest BCUT2D eigenvalue weighted by Gasteiger charge is 2.21. The van der Waals surface area contributed by atoms with Crippen molar-refractivity contribution in [2.24, 2.45) is 0 Å². The molecule has 3 rings (SSSR count). The number of hydrogen-bond acceptors (Lipinski definition) is 5. The standard InChI is InChI=1S/C22H27NO3S/c1-4-25-21(24)12-10-18-9-7-17-14-16(8-11-20(17)26-18)19-6-5-13-23-22(19)27-15(2)3/h5-6,8,11,13-15,18H,4,7,9-10,12H2,1-3H3. The molecule has 5 heteroatoms. The molecule has 144 valence electrons. The summed E-state index contributed by atoms with van der Waals surface area (Å²) in [4.78, 5) is 16.1. The van der Waals surface area contributed by atoms with E-state index < -0.39 is 0 Å². The van der Waals surface area contributed by atoms with Crippen LogP contribution >= 0.6 is 11.8 Å². The predicted octanol–water partition coefficient (Wildman–Crippen LogP) is 5.29. The van der Waals surface area contributed by atoms with E-state index in [1.165, 1.54) is 16.7 Å². The van der Waals surface area contributed by atoms with E-state index in [1.807, 2.05) is 19.2 Å². The van der Waals surface area contributed by atoms with Crippen LogP contribution in [0.2, 0.25) is 0 Å². The summed E-state index contributed by atoms with van der Waals surface area (Å²) in [5.41, 5.74) is 3.58. The van der Waals surface area contributed by atoms with Gasteiger partial charge in [-0.1, -0.05) is 26.0 Å². The molecule has 0 fully saturated rings. The van der Waals surface area contributed by atoms with Gasteiger partial charge in [0.1, 0.15) is 10.8 Å². The molecule has 2 heterocycles. The van der Waals surface area contributed by atoms with Crippen LogP contribution in [0.1, 0.15) is 45.6 Å². The van der Waals surface area contributed by atoms with Gasteiger partial charge in [-0.15, -0.1) is 11.8 Å². The number of carbonyl (C=O) groups is 1. The van der Waals surface area contributed by atoms with Crippen molar-refractivity contribution < 1.29 is 14.3 Å². The van der Waals surface area contributed by atoms with E-state index in [9.17, 15) is 4.79 Å².